The number of amides is 1. The van der Waals surface area contributed by atoms with E-state index in [9.17, 15) is 14.0 Å². The molecule has 1 aromatic carbocycles. The van der Waals surface area contributed by atoms with Crippen LogP contribution in [-0.4, -0.2) is 30.6 Å². The van der Waals surface area contributed by atoms with Crippen molar-refractivity contribution in [2.75, 3.05) is 19.0 Å². The van der Waals surface area contributed by atoms with Crippen LogP contribution in [0.4, 0.5) is 15.9 Å². The molecule has 0 atom stereocenters. The second kappa shape index (κ2) is 9.07. The van der Waals surface area contributed by atoms with Crippen LogP contribution in [-0.2, 0) is 14.4 Å². The molecule has 0 spiro atoms. The number of halogens is 2. The Morgan fingerprint density at radius 2 is 2.12 bits per heavy atom. The molecule has 2 N–H and O–H groups in total. The second-order valence-electron chi connectivity index (χ2n) is 4.75. The molecular formula is C16H12FIN4O4. The molecular weight excluding hydrogens is 458 g/mol. The first-order valence-electron chi connectivity index (χ1n) is 7.06. The number of pyridine rings is 1. The Labute approximate surface area is 161 Å². The van der Waals surface area contributed by atoms with Crippen LogP contribution < -0.4 is 10.8 Å². The summed E-state index contributed by atoms with van der Waals surface area (Å²) in [6.07, 6.45) is 0. The zero-order valence-electron chi connectivity index (χ0n) is 13.4. The number of ether oxygens (including phenoxy) is 1. The van der Waals surface area contributed by atoms with Crippen LogP contribution in [0.25, 0.3) is 0 Å². The SMILES string of the molecule is COC(=O)CONC(=O)c1ccc(C#N)nc1Nc1ccc(I)cc1F. The first kappa shape index (κ1) is 19.5. The van der Waals surface area contributed by atoms with Gasteiger partial charge in [-0.25, -0.2) is 19.6 Å². The molecule has 134 valence electrons. The second-order valence-corrected chi connectivity index (χ2v) is 6.00. The molecule has 8 nitrogen and oxygen atoms in total. The van der Waals surface area contributed by atoms with Gasteiger partial charge in [0, 0.05) is 3.57 Å². The molecule has 2 aromatic rings. The highest BCUT2D eigenvalue weighted by Crippen LogP contribution is 2.23. The third kappa shape index (κ3) is 5.11. The Bertz CT molecular complexity index is 885. The zero-order chi connectivity index (χ0) is 19.1. The first-order chi connectivity index (χ1) is 12.4. The molecule has 26 heavy (non-hydrogen) atoms. The number of nitrogens with one attached hydrogen (secondary N) is 2. The number of anilines is 2. The minimum atomic E-state index is -0.737. The molecule has 0 fully saturated rings. The van der Waals surface area contributed by atoms with Gasteiger partial charge in [-0.15, -0.1) is 0 Å². The minimum Gasteiger partial charge on any atom is -0.467 e. The van der Waals surface area contributed by atoms with Crippen molar-refractivity contribution < 1.29 is 23.6 Å². The van der Waals surface area contributed by atoms with Gasteiger partial charge in [-0.3, -0.25) is 9.63 Å². The lowest BCUT2D eigenvalue weighted by Crippen LogP contribution is -2.28. The molecule has 0 bridgehead atoms. The predicted octanol–water partition coefficient (Wildman–Crippen LogP) is 2.27. The molecule has 0 aliphatic rings. The van der Waals surface area contributed by atoms with Crippen LogP contribution in [0.2, 0.25) is 0 Å². The van der Waals surface area contributed by atoms with Crippen LogP contribution in [0.15, 0.2) is 30.3 Å². The lowest BCUT2D eigenvalue weighted by atomic mass is 10.2. The number of hydrogen-bond donors (Lipinski definition) is 2. The van der Waals surface area contributed by atoms with Gasteiger partial charge in [0.2, 0.25) is 0 Å². The van der Waals surface area contributed by atoms with E-state index in [2.05, 4.69) is 20.5 Å². The number of benzene rings is 1. The minimum absolute atomic E-state index is 0.00758. The maximum absolute atomic E-state index is 14.0. The van der Waals surface area contributed by atoms with E-state index >= 15 is 0 Å². The fourth-order valence-electron chi connectivity index (χ4n) is 1.79. The molecule has 0 radical (unpaired) electrons. The van der Waals surface area contributed by atoms with Gasteiger partial charge in [-0.2, -0.15) is 5.26 Å². The van der Waals surface area contributed by atoms with Crippen LogP contribution in [0.5, 0.6) is 0 Å². The molecule has 0 unspecified atom stereocenters. The van der Waals surface area contributed by atoms with Crippen LogP contribution in [0, 0.1) is 20.7 Å². The van der Waals surface area contributed by atoms with E-state index in [1.165, 1.54) is 31.4 Å². The molecule has 1 heterocycles. The summed E-state index contributed by atoms with van der Waals surface area (Å²) in [5.74, 6) is -2.00. The number of hydroxylamine groups is 1. The highest BCUT2D eigenvalue weighted by molar-refractivity contribution is 14.1. The Balaban J connectivity index is 2.25. The van der Waals surface area contributed by atoms with Crippen molar-refractivity contribution in [3.05, 3.63) is 51.0 Å². The number of nitrogens with zero attached hydrogens (tertiary/aromatic N) is 2. The van der Waals surface area contributed by atoms with E-state index < -0.39 is 24.3 Å². The summed E-state index contributed by atoms with van der Waals surface area (Å²) in [5.41, 5.74) is 2.16. The lowest BCUT2D eigenvalue weighted by molar-refractivity contribution is -0.147. The average Bonchev–Trinajstić information content (AvgIpc) is 2.63. The highest BCUT2D eigenvalue weighted by Gasteiger charge is 2.16. The quantitative estimate of drug-likeness (QED) is 0.379. The van der Waals surface area contributed by atoms with Gasteiger partial charge >= 0.3 is 5.97 Å². The number of esters is 1. The highest BCUT2D eigenvalue weighted by atomic mass is 127. The van der Waals surface area contributed by atoms with Gasteiger partial charge in [-0.05, 0) is 52.9 Å². The maximum Gasteiger partial charge on any atom is 0.334 e. The smallest absolute Gasteiger partial charge is 0.334 e. The molecule has 2 rings (SSSR count). The Morgan fingerprint density at radius 1 is 1.35 bits per heavy atom. The first-order valence-corrected chi connectivity index (χ1v) is 8.14. The van der Waals surface area contributed by atoms with Crippen LogP contribution in [0.1, 0.15) is 16.1 Å². The fourth-order valence-corrected chi connectivity index (χ4v) is 2.25. The lowest BCUT2D eigenvalue weighted by Gasteiger charge is -2.12. The van der Waals surface area contributed by atoms with E-state index in [0.717, 1.165) is 0 Å². The van der Waals surface area contributed by atoms with Crippen molar-refractivity contribution in [2.45, 2.75) is 0 Å². The molecule has 10 heteroatoms. The molecule has 0 aliphatic heterocycles. The number of rotatable bonds is 6. The van der Waals surface area contributed by atoms with Gasteiger partial charge < -0.3 is 10.1 Å². The molecule has 1 amide bonds. The predicted molar refractivity (Wildman–Crippen MR) is 96.8 cm³/mol. The van der Waals surface area contributed by atoms with E-state index in [4.69, 9.17) is 10.1 Å². The summed E-state index contributed by atoms with van der Waals surface area (Å²) in [6, 6.07) is 8.94. The van der Waals surface area contributed by atoms with Gasteiger partial charge in [0.1, 0.15) is 23.4 Å². The summed E-state index contributed by atoms with van der Waals surface area (Å²) >= 11 is 1.96. The van der Waals surface area contributed by atoms with Crippen molar-refractivity contribution in [1.29, 1.82) is 5.26 Å². The summed E-state index contributed by atoms with van der Waals surface area (Å²) in [6.45, 7) is -0.486. The Kier molecular flexibility index (Phi) is 6.81. The van der Waals surface area contributed by atoms with Crippen molar-refractivity contribution in [3.8, 4) is 6.07 Å². The topological polar surface area (TPSA) is 113 Å². The number of nitriles is 1. The third-order valence-electron chi connectivity index (χ3n) is 3.02. The Hall–Kier alpha value is -2.78. The van der Waals surface area contributed by atoms with Crippen molar-refractivity contribution in [3.63, 3.8) is 0 Å². The number of carbonyl (C=O) groups is 2. The van der Waals surface area contributed by atoms with Crippen LogP contribution >= 0.6 is 22.6 Å². The number of carbonyl (C=O) groups excluding carboxylic acids is 2. The largest absolute Gasteiger partial charge is 0.467 e. The number of hydrogen-bond acceptors (Lipinski definition) is 7. The fraction of sp³-hybridized carbons (Fsp3) is 0.125. The summed E-state index contributed by atoms with van der Waals surface area (Å²) < 4.78 is 19.1. The van der Waals surface area contributed by atoms with Crippen LogP contribution in [0.3, 0.4) is 0 Å². The Morgan fingerprint density at radius 3 is 2.77 bits per heavy atom. The summed E-state index contributed by atoms with van der Waals surface area (Å²) in [5, 5.41) is 11.7. The average molecular weight is 470 g/mol. The van der Waals surface area contributed by atoms with E-state index in [1.807, 2.05) is 28.7 Å². The number of methoxy groups -OCH3 is 1. The zero-order valence-corrected chi connectivity index (χ0v) is 15.5. The van der Waals surface area contributed by atoms with E-state index in [0.29, 0.717) is 3.57 Å². The summed E-state index contributed by atoms with van der Waals surface area (Å²) in [7, 11) is 1.18. The third-order valence-corrected chi connectivity index (χ3v) is 3.69. The molecule has 0 saturated heterocycles. The van der Waals surface area contributed by atoms with Crippen molar-refractivity contribution in [1.82, 2.24) is 10.5 Å². The van der Waals surface area contributed by atoms with Gasteiger partial charge in [0.25, 0.3) is 5.91 Å². The van der Waals surface area contributed by atoms with Gasteiger partial charge in [0.15, 0.2) is 6.61 Å². The van der Waals surface area contributed by atoms with Crippen molar-refractivity contribution in [2.24, 2.45) is 0 Å². The normalized spacial score (nSPS) is 9.92. The molecule has 0 saturated carbocycles. The monoisotopic (exact) mass is 470 g/mol. The van der Waals surface area contributed by atoms with Gasteiger partial charge in [0.05, 0.1) is 18.4 Å². The molecule has 1 aromatic heterocycles. The van der Waals surface area contributed by atoms with Crippen molar-refractivity contribution >= 4 is 46.0 Å². The maximum atomic E-state index is 14.0. The van der Waals surface area contributed by atoms with E-state index in [-0.39, 0.29) is 22.8 Å². The van der Waals surface area contributed by atoms with Gasteiger partial charge in [-0.1, -0.05) is 0 Å². The number of aromatic nitrogens is 1. The standard InChI is InChI=1S/C16H12FIN4O4/c1-25-14(23)8-26-22-16(24)11-4-3-10(7-19)20-15(11)21-13-5-2-9(18)6-12(13)17/h2-6H,8H2,1H3,(H,20,21)(H,22,24). The summed E-state index contributed by atoms with van der Waals surface area (Å²) in [4.78, 5) is 31.9. The molecule has 0 aliphatic carbocycles. The van der Waals surface area contributed by atoms with E-state index in [1.54, 1.807) is 6.07 Å².